The Labute approximate surface area is 161 Å². The fraction of sp³-hybridized carbons (Fsp3) is 0.200. The minimum Gasteiger partial charge on any atom is -0.493 e. The van der Waals surface area contributed by atoms with Crippen molar-refractivity contribution in [2.45, 2.75) is 4.90 Å². The highest BCUT2D eigenvalue weighted by Gasteiger charge is 2.17. The lowest BCUT2D eigenvalue weighted by molar-refractivity contribution is -0.113. The molecule has 1 aliphatic rings. The molecule has 27 heavy (non-hydrogen) atoms. The lowest BCUT2D eigenvalue weighted by Crippen LogP contribution is -2.18. The third kappa shape index (κ3) is 4.09. The molecule has 0 atom stereocenters. The second-order valence-corrected chi connectivity index (χ2v) is 6.72. The molecule has 2 aromatic rings. The maximum Gasteiger partial charge on any atom is 0.234 e. The summed E-state index contributed by atoms with van der Waals surface area (Å²) < 4.78 is 15.9. The third-order valence-electron chi connectivity index (χ3n) is 4.01. The highest BCUT2D eigenvalue weighted by Crippen LogP contribution is 2.38. The Morgan fingerprint density at radius 1 is 1.07 bits per heavy atom. The number of thioether (sulfide) groups is 1. The zero-order valence-electron chi connectivity index (χ0n) is 15.2. The summed E-state index contributed by atoms with van der Waals surface area (Å²) in [5.74, 6) is 1.72. The van der Waals surface area contributed by atoms with Gasteiger partial charge in [-0.25, -0.2) is 0 Å². The van der Waals surface area contributed by atoms with Crippen LogP contribution in [-0.2, 0) is 4.79 Å². The predicted molar refractivity (Wildman–Crippen MR) is 105 cm³/mol. The van der Waals surface area contributed by atoms with E-state index < -0.39 is 0 Å². The van der Waals surface area contributed by atoms with E-state index in [1.165, 1.54) is 24.9 Å². The molecule has 0 aliphatic carbocycles. The number of hydrogen-bond donors (Lipinski definition) is 1. The first kappa shape index (κ1) is 18.8. The summed E-state index contributed by atoms with van der Waals surface area (Å²) in [4.78, 5) is 24.8. The Bertz CT molecular complexity index is 898. The first-order valence-electron chi connectivity index (χ1n) is 8.15. The predicted octanol–water partition coefficient (Wildman–Crippen LogP) is 3.65. The molecule has 0 bridgehead atoms. The van der Waals surface area contributed by atoms with Gasteiger partial charge in [-0.2, -0.15) is 0 Å². The van der Waals surface area contributed by atoms with Gasteiger partial charge in [0.15, 0.2) is 17.3 Å². The van der Waals surface area contributed by atoms with Gasteiger partial charge in [-0.1, -0.05) is 6.08 Å². The molecule has 140 valence electrons. The smallest absolute Gasteiger partial charge is 0.234 e. The van der Waals surface area contributed by atoms with Crippen LogP contribution in [0.15, 0.2) is 41.3 Å². The van der Waals surface area contributed by atoms with Gasteiger partial charge in [0.2, 0.25) is 11.7 Å². The van der Waals surface area contributed by atoms with Crippen LogP contribution < -0.4 is 19.5 Å². The number of anilines is 1. The fourth-order valence-electron chi connectivity index (χ4n) is 2.69. The van der Waals surface area contributed by atoms with Crippen molar-refractivity contribution in [1.29, 1.82) is 0 Å². The molecule has 0 unspecified atom stereocenters. The third-order valence-corrected chi connectivity index (χ3v) is 5.07. The van der Waals surface area contributed by atoms with Gasteiger partial charge in [-0.3, -0.25) is 9.59 Å². The summed E-state index contributed by atoms with van der Waals surface area (Å²) >= 11 is 1.42. The number of carbonyl (C=O) groups excluding carboxylic acids is 2. The number of ketones is 1. The monoisotopic (exact) mass is 385 g/mol. The molecule has 7 heteroatoms. The average molecular weight is 385 g/mol. The SMILES string of the molecule is COc1cc(C=CC(=O)c2ccc3c(c2)SCC(=O)N3)cc(OC)c1OC. The van der Waals surface area contributed by atoms with E-state index >= 15 is 0 Å². The number of rotatable bonds is 6. The van der Waals surface area contributed by atoms with E-state index in [0.29, 0.717) is 28.6 Å². The minimum atomic E-state index is -0.135. The van der Waals surface area contributed by atoms with Gasteiger partial charge >= 0.3 is 0 Å². The van der Waals surface area contributed by atoms with Crippen molar-refractivity contribution in [2.75, 3.05) is 32.4 Å². The molecule has 0 saturated carbocycles. The summed E-state index contributed by atoms with van der Waals surface area (Å²) in [7, 11) is 4.62. The Hall–Kier alpha value is -2.93. The summed E-state index contributed by atoms with van der Waals surface area (Å²) in [5.41, 5.74) is 2.04. The lowest BCUT2D eigenvalue weighted by Gasteiger charge is -2.16. The van der Waals surface area contributed by atoms with Crippen LogP contribution in [0, 0.1) is 0 Å². The van der Waals surface area contributed by atoms with Crippen molar-refractivity contribution in [3.63, 3.8) is 0 Å². The Kier molecular flexibility index (Phi) is 5.71. The van der Waals surface area contributed by atoms with Crippen LogP contribution in [0.3, 0.4) is 0 Å². The zero-order chi connectivity index (χ0) is 19.4. The molecule has 1 amide bonds. The first-order valence-corrected chi connectivity index (χ1v) is 9.13. The van der Waals surface area contributed by atoms with Crippen molar-refractivity contribution in [3.8, 4) is 17.2 Å². The van der Waals surface area contributed by atoms with Gasteiger partial charge in [0.1, 0.15) is 0 Å². The molecular formula is C20H19NO5S. The molecule has 1 aliphatic heterocycles. The number of amides is 1. The molecule has 0 saturated heterocycles. The van der Waals surface area contributed by atoms with Gasteiger partial charge in [-0.15, -0.1) is 11.8 Å². The van der Waals surface area contributed by atoms with Crippen LogP contribution in [0.25, 0.3) is 6.08 Å². The van der Waals surface area contributed by atoms with E-state index in [9.17, 15) is 9.59 Å². The van der Waals surface area contributed by atoms with E-state index in [-0.39, 0.29) is 11.7 Å². The number of fused-ring (bicyclic) bond motifs is 1. The highest BCUT2D eigenvalue weighted by molar-refractivity contribution is 8.00. The first-order chi connectivity index (χ1) is 13.0. The normalized spacial score (nSPS) is 13.1. The van der Waals surface area contributed by atoms with E-state index in [0.717, 1.165) is 16.1 Å². The number of ether oxygens (including phenoxy) is 3. The van der Waals surface area contributed by atoms with Crippen LogP contribution in [-0.4, -0.2) is 38.8 Å². The summed E-state index contributed by atoms with van der Waals surface area (Å²) in [5, 5.41) is 2.79. The minimum absolute atomic E-state index is 0.0335. The van der Waals surface area contributed by atoms with Crippen molar-refractivity contribution in [1.82, 2.24) is 0 Å². The molecule has 6 nitrogen and oxygen atoms in total. The lowest BCUT2D eigenvalue weighted by atomic mass is 10.1. The van der Waals surface area contributed by atoms with E-state index in [4.69, 9.17) is 14.2 Å². The quantitative estimate of drug-likeness (QED) is 0.604. The second-order valence-electron chi connectivity index (χ2n) is 5.70. The molecule has 1 N–H and O–H groups in total. The summed E-state index contributed by atoms with van der Waals surface area (Å²) in [6.45, 7) is 0. The molecule has 0 fully saturated rings. The van der Waals surface area contributed by atoms with Crippen LogP contribution in [0.1, 0.15) is 15.9 Å². The molecule has 2 aromatic carbocycles. The highest BCUT2D eigenvalue weighted by atomic mass is 32.2. The maximum atomic E-state index is 12.5. The van der Waals surface area contributed by atoms with E-state index in [2.05, 4.69) is 5.32 Å². The van der Waals surface area contributed by atoms with Crippen LogP contribution in [0.4, 0.5) is 5.69 Å². The molecule has 1 heterocycles. The van der Waals surface area contributed by atoms with Crippen LogP contribution in [0.5, 0.6) is 17.2 Å². The Balaban J connectivity index is 1.84. The zero-order valence-corrected chi connectivity index (χ0v) is 16.0. The molecule has 0 aromatic heterocycles. The molecular weight excluding hydrogens is 366 g/mol. The number of allylic oxidation sites excluding steroid dienone is 1. The van der Waals surface area contributed by atoms with Crippen molar-refractivity contribution in [2.24, 2.45) is 0 Å². The van der Waals surface area contributed by atoms with Crippen molar-refractivity contribution < 1.29 is 23.8 Å². The van der Waals surface area contributed by atoms with E-state index in [1.807, 2.05) is 0 Å². The Morgan fingerprint density at radius 2 is 1.78 bits per heavy atom. The Morgan fingerprint density at radius 3 is 2.41 bits per heavy atom. The van der Waals surface area contributed by atoms with E-state index in [1.54, 1.807) is 50.6 Å². The van der Waals surface area contributed by atoms with Crippen LogP contribution in [0.2, 0.25) is 0 Å². The van der Waals surface area contributed by atoms with Gasteiger partial charge in [-0.05, 0) is 42.0 Å². The van der Waals surface area contributed by atoms with Crippen LogP contribution >= 0.6 is 11.8 Å². The summed E-state index contributed by atoms with van der Waals surface area (Å²) in [6, 6.07) is 8.78. The topological polar surface area (TPSA) is 73.9 Å². The number of nitrogens with one attached hydrogen (secondary N) is 1. The van der Waals surface area contributed by atoms with Gasteiger partial charge < -0.3 is 19.5 Å². The second kappa shape index (κ2) is 8.18. The van der Waals surface area contributed by atoms with Gasteiger partial charge in [0, 0.05) is 10.5 Å². The number of methoxy groups -OCH3 is 3. The van der Waals surface area contributed by atoms with Gasteiger partial charge in [0.05, 0.1) is 32.8 Å². The number of benzene rings is 2. The standard InChI is InChI=1S/C20H19NO5S/c1-24-16-8-12(9-17(25-2)20(16)26-3)4-7-15(22)13-5-6-14-18(10-13)27-11-19(23)21-14/h4-10H,11H2,1-3H3,(H,21,23). The van der Waals surface area contributed by atoms with Crippen molar-refractivity contribution >= 4 is 35.2 Å². The molecule has 0 spiro atoms. The fourth-order valence-corrected chi connectivity index (χ4v) is 3.54. The molecule has 0 radical (unpaired) electrons. The van der Waals surface area contributed by atoms with Crippen molar-refractivity contribution in [3.05, 3.63) is 47.5 Å². The average Bonchev–Trinajstić information content (AvgIpc) is 2.70. The maximum absolute atomic E-state index is 12.5. The summed E-state index contributed by atoms with van der Waals surface area (Å²) in [6.07, 6.45) is 3.19. The largest absolute Gasteiger partial charge is 0.493 e. The molecule has 3 rings (SSSR count). The van der Waals surface area contributed by atoms with Gasteiger partial charge in [0.25, 0.3) is 0 Å². The number of hydrogen-bond acceptors (Lipinski definition) is 6. The number of carbonyl (C=O) groups is 2.